The zero-order valence-corrected chi connectivity index (χ0v) is 11.8. The molecule has 0 aliphatic heterocycles. The maximum Gasteiger partial charge on any atom is 0.303 e. The summed E-state index contributed by atoms with van der Waals surface area (Å²) in [6.45, 7) is 2.65. The van der Waals surface area contributed by atoms with Crippen molar-refractivity contribution in [1.29, 1.82) is 0 Å². The molecule has 1 amide bonds. The highest BCUT2D eigenvalue weighted by molar-refractivity contribution is 5.97. The van der Waals surface area contributed by atoms with E-state index < -0.39 is 12.0 Å². The normalized spacial score (nSPS) is 11.9. The number of benzene rings is 1. The lowest BCUT2D eigenvalue weighted by Gasteiger charge is -2.25. The first-order chi connectivity index (χ1) is 9.56. The fraction of sp³-hybridized carbons (Fsp3) is 0.467. The Hall–Kier alpha value is -1.88. The van der Waals surface area contributed by atoms with Gasteiger partial charge in [0.2, 0.25) is 5.91 Å². The minimum absolute atomic E-state index is 0.0939. The summed E-state index contributed by atoms with van der Waals surface area (Å²) in [7, 11) is 0. The van der Waals surface area contributed by atoms with Crippen molar-refractivity contribution in [2.45, 2.75) is 38.6 Å². The Kier molecular flexibility index (Phi) is 6.73. The van der Waals surface area contributed by atoms with E-state index in [9.17, 15) is 9.59 Å². The van der Waals surface area contributed by atoms with E-state index in [2.05, 4.69) is 6.92 Å². The molecule has 1 atom stereocenters. The second-order valence-corrected chi connectivity index (χ2v) is 4.72. The SMILES string of the molecule is CCCCN(C(=O)C(N)CCC(=O)O)c1ccccc1. The lowest BCUT2D eigenvalue weighted by molar-refractivity contribution is -0.137. The van der Waals surface area contributed by atoms with Crippen LogP contribution in [-0.2, 0) is 9.59 Å². The predicted molar refractivity (Wildman–Crippen MR) is 78.5 cm³/mol. The number of unbranched alkanes of at least 4 members (excludes halogenated alkanes) is 1. The highest BCUT2D eigenvalue weighted by Gasteiger charge is 2.22. The predicted octanol–water partition coefficient (Wildman–Crippen LogP) is 2.01. The van der Waals surface area contributed by atoms with Gasteiger partial charge in [0.1, 0.15) is 0 Å². The maximum absolute atomic E-state index is 12.4. The number of hydrogen-bond donors (Lipinski definition) is 2. The first kappa shape index (κ1) is 16.2. The Morgan fingerprint density at radius 3 is 2.50 bits per heavy atom. The van der Waals surface area contributed by atoms with Crippen LogP contribution in [0.5, 0.6) is 0 Å². The molecule has 0 fully saturated rings. The van der Waals surface area contributed by atoms with E-state index in [1.807, 2.05) is 30.3 Å². The van der Waals surface area contributed by atoms with Crippen molar-refractivity contribution in [1.82, 2.24) is 0 Å². The molecule has 20 heavy (non-hydrogen) atoms. The molecular formula is C15H22N2O3. The van der Waals surface area contributed by atoms with Gasteiger partial charge in [0.15, 0.2) is 0 Å². The number of carbonyl (C=O) groups excluding carboxylic acids is 1. The molecular weight excluding hydrogens is 256 g/mol. The van der Waals surface area contributed by atoms with Crippen molar-refractivity contribution >= 4 is 17.6 Å². The third-order valence-electron chi connectivity index (χ3n) is 3.06. The highest BCUT2D eigenvalue weighted by Crippen LogP contribution is 2.16. The van der Waals surface area contributed by atoms with E-state index >= 15 is 0 Å². The number of aliphatic carboxylic acids is 1. The summed E-state index contributed by atoms with van der Waals surface area (Å²) in [6.07, 6.45) is 1.92. The molecule has 0 aliphatic carbocycles. The summed E-state index contributed by atoms with van der Waals surface area (Å²) < 4.78 is 0. The van der Waals surface area contributed by atoms with Gasteiger partial charge in [-0.3, -0.25) is 9.59 Å². The average molecular weight is 278 g/mol. The first-order valence-electron chi connectivity index (χ1n) is 6.90. The molecule has 5 heteroatoms. The van der Waals surface area contributed by atoms with Crippen molar-refractivity contribution in [3.8, 4) is 0 Å². The number of nitrogens with two attached hydrogens (primary N) is 1. The number of para-hydroxylation sites is 1. The zero-order chi connectivity index (χ0) is 15.0. The van der Waals surface area contributed by atoms with Crippen LogP contribution in [0.15, 0.2) is 30.3 Å². The molecule has 5 nitrogen and oxygen atoms in total. The molecule has 0 aromatic heterocycles. The van der Waals surface area contributed by atoms with Crippen molar-refractivity contribution < 1.29 is 14.7 Å². The molecule has 110 valence electrons. The first-order valence-corrected chi connectivity index (χ1v) is 6.90. The van der Waals surface area contributed by atoms with Gasteiger partial charge >= 0.3 is 5.97 Å². The van der Waals surface area contributed by atoms with Crippen LogP contribution in [0.25, 0.3) is 0 Å². The van der Waals surface area contributed by atoms with Gasteiger partial charge in [-0.25, -0.2) is 0 Å². The van der Waals surface area contributed by atoms with Gasteiger partial charge in [0.25, 0.3) is 0 Å². The minimum atomic E-state index is -0.937. The molecule has 0 heterocycles. The quantitative estimate of drug-likeness (QED) is 0.762. The molecule has 1 aromatic rings. The summed E-state index contributed by atoms with van der Waals surface area (Å²) in [4.78, 5) is 24.6. The van der Waals surface area contributed by atoms with E-state index in [0.717, 1.165) is 18.5 Å². The standard InChI is InChI=1S/C15H22N2O3/c1-2-3-11-17(12-7-5-4-6-8-12)15(20)13(16)9-10-14(18)19/h4-8,13H,2-3,9-11,16H2,1H3,(H,18,19). The molecule has 0 radical (unpaired) electrons. The number of carboxylic acid groups (broad SMARTS) is 1. The van der Waals surface area contributed by atoms with E-state index in [-0.39, 0.29) is 18.7 Å². The molecule has 1 unspecified atom stereocenters. The molecule has 0 aliphatic rings. The molecule has 0 saturated heterocycles. The average Bonchev–Trinajstić information content (AvgIpc) is 2.46. The van der Waals surface area contributed by atoms with Crippen LogP contribution >= 0.6 is 0 Å². The van der Waals surface area contributed by atoms with E-state index in [1.165, 1.54) is 0 Å². The van der Waals surface area contributed by atoms with Gasteiger partial charge in [0, 0.05) is 18.7 Å². The Morgan fingerprint density at radius 1 is 1.30 bits per heavy atom. The van der Waals surface area contributed by atoms with Gasteiger partial charge in [0.05, 0.1) is 6.04 Å². The maximum atomic E-state index is 12.4. The Balaban J connectivity index is 2.77. The van der Waals surface area contributed by atoms with Crippen LogP contribution in [0.1, 0.15) is 32.6 Å². The van der Waals surface area contributed by atoms with Crippen LogP contribution < -0.4 is 10.6 Å². The Labute approximate surface area is 119 Å². The zero-order valence-electron chi connectivity index (χ0n) is 11.8. The fourth-order valence-electron chi connectivity index (χ4n) is 1.89. The van der Waals surface area contributed by atoms with Crippen LogP contribution in [0.3, 0.4) is 0 Å². The molecule has 1 aromatic carbocycles. The second kappa shape index (κ2) is 8.32. The molecule has 0 spiro atoms. The number of carbonyl (C=O) groups is 2. The fourth-order valence-corrected chi connectivity index (χ4v) is 1.89. The van der Waals surface area contributed by atoms with Gasteiger partial charge in [-0.1, -0.05) is 31.5 Å². The van der Waals surface area contributed by atoms with E-state index in [1.54, 1.807) is 4.90 Å². The van der Waals surface area contributed by atoms with E-state index in [4.69, 9.17) is 10.8 Å². The third kappa shape index (κ3) is 5.01. The number of hydrogen-bond acceptors (Lipinski definition) is 3. The smallest absolute Gasteiger partial charge is 0.303 e. The van der Waals surface area contributed by atoms with Crippen LogP contribution in [0.2, 0.25) is 0 Å². The van der Waals surface area contributed by atoms with Crippen LogP contribution in [-0.4, -0.2) is 29.6 Å². The van der Waals surface area contributed by atoms with Crippen LogP contribution in [0.4, 0.5) is 5.69 Å². The molecule has 3 N–H and O–H groups in total. The summed E-state index contributed by atoms with van der Waals surface area (Å²) in [6, 6.07) is 8.56. The minimum Gasteiger partial charge on any atom is -0.481 e. The Bertz CT molecular complexity index is 434. The number of amides is 1. The molecule has 0 bridgehead atoms. The van der Waals surface area contributed by atoms with Crippen molar-refractivity contribution in [2.75, 3.05) is 11.4 Å². The second-order valence-electron chi connectivity index (χ2n) is 4.72. The largest absolute Gasteiger partial charge is 0.481 e. The molecule has 1 rings (SSSR count). The summed E-state index contributed by atoms with van der Waals surface area (Å²) in [5.74, 6) is -1.15. The van der Waals surface area contributed by atoms with Crippen LogP contribution in [0, 0.1) is 0 Å². The molecule has 0 saturated carbocycles. The number of rotatable bonds is 8. The third-order valence-corrected chi connectivity index (χ3v) is 3.06. The summed E-state index contributed by atoms with van der Waals surface area (Å²) in [5, 5.41) is 8.66. The number of carboxylic acids is 1. The van der Waals surface area contributed by atoms with Gasteiger partial charge in [-0.2, -0.15) is 0 Å². The van der Waals surface area contributed by atoms with E-state index in [0.29, 0.717) is 6.54 Å². The number of anilines is 1. The van der Waals surface area contributed by atoms with Gasteiger partial charge in [-0.15, -0.1) is 0 Å². The van der Waals surface area contributed by atoms with Crippen molar-refractivity contribution in [2.24, 2.45) is 5.73 Å². The lowest BCUT2D eigenvalue weighted by Crippen LogP contribution is -2.44. The van der Waals surface area contributed by atoms with Gasteiger partial charge in [-0.05, 0) is 25.0 Å². The number of nitrogens with zero attached hydrogens (tertiary/aromatic N) is 1. The van der Waals surface area contributed by atoms with Crippen molar-refractivity contribution in [3.05, 3.63) is 30.3 Å². The van der Waals surface area contributed by atoms with Crippen molar-refractivity contribution in [3.63, 3.8) is 0 Å². The highest BCUT2D eigenvalue weighted by atomic mass is 16.4. The lowest BCUT2D eigenvalue weighted by atomic mass is 10.1. The summed E-state index contributed by atoms with van der Waals surface area (Å²) >= 11 is 0. The Morgan fingerprint density at radius 2 is 1.95 bits per heavy atom. The monoisotopic (exact) mass is 278 g/mol. The van der Waals surface area contributed by atoms with Gasteiger partial charge < -0.3 is 15.7 Å². The topological polar surface area (TPSA) is 83.6 Å². The summed E-state index contributed by atoms with van der Waals surface area (Å²) in [5.41, 5.74) is 6.62.